The molecule has 182 valence electrons. The van der Waals surface area contributed by atoms with Crippen molar-refractivity contribution in [3.8, 4) is 0 Å². The lowest BCUT2D eigenvalue weighted by atomic mass is 10.2. The SMILES string of the molecule is O=C1c2cnc(Nc3ccc(S(=O)(=O)N4CCNCC4)cc3)nc2SCN1c1c(Cl)cccc1Cl. The lowest BCUT2D eigenvalue weighted by molar-refractivity contribution is 0.0985. The minimum absolute atomic E-state index is 0.232. The van der Waals surface area contributed by atoms with Crippen molar-refractivity contribution >= 4 is 68.2 Å². The highest BCUT2D eigenvalue weighted by Gasteiger charge is 2.30. The topological polar surface area (TPSA) is 108 Å². The number of rotatable bonds is 5. The van der Waals surface area contributed by atoms with Gasteiger partial charge < -0.3 is 10.6 Å². The number of para-hydroxylation sites is 1. The van der Waals surface area contributed by atoms with E-state index in [0.29, 0.717) is 70.0 Å². The summed E-state index contributed by atoms with van der Waals surface area (Å²) in [5.74, 6) is 0.304. The van der Waals surface area contributed by atoms with Gasteiger partial charge in [0.2, 0.25) is 16.0 Å². The lowest BCUT2D eigenvalue weighted by Gasteiger charge is -2.28. The van der Waals surface area contributed by atoms with E-state index >= 15 is 0 Å². The zero-order valence-corrected chi connectivity index (χ0v) is 21.4. The number of nitrogens with one attached hydrogen (secondary N) is 2. The van der Waals surface area contributed by atoms with E-state index in [1.807, 2.05) is 0 Å². The molecule has 2 aliphatic heterocycles. The maximum Gasteiger partial charge on any atom is 0.263 e. The van der Waals surface area contributed by atoms with Gasteiger partial charge in [0.05, 0.1) is 32.1 Å². The molecular weight excluding hydrogens is 531 g/mol. The summed E-state index contributed by atoms with van der Waals surface area (Å²) in [6.07, 6.45) is 1.46. The highest BCUT2D eigenvalue weighted by atomic mass is 35.5. The van der Waals surface area contributed by atoms with Crippen molar-refractivity contribution < 1.29 is 13.2 Å². The fourth-order valence-corrected chi connectivity index (χ4v) is 6.79. The Kier molecular flexibility index (Phi) is 6.88. The van der Waals surface area contributed by atoms with Gasteiger partial charge in [0.15, 0.2) is 0 Å². The normalized spacial score (nSPS) is 16.7. The van der Waals surface area contributed by atoms with Gasteiger partial charge in [-0.15, -0.1) is 0 Å². The van der Waals surface area contributed by atoms with Crippen molar-refractivity contribution in [1.82, 2.24) is 19.6 Å². The predicted octanol–water partition coefficient (Wildman–Crippen LogP) is 3.83. The van der Waals surface area contributed by atoms with Gasteiger partial charge in [-0.1, -0.05) is 41.0 Å². The molecule has 0 saturated carbocycles. The predicted molar refractivity (Wildman–Crippen MR) is 137 cm³/mol. The molecule has 1 aromatic heterocycles. The number of anilines is 3. The Morgan fingerprint density at radius 1 is 1.03 bits per heavy atom. The Morgan fingerprint density at radius 3 is 2.40 bits per heavy atom. The third-order valence-corrected chi connectivity index (χ3v) is 9.09. The van der Waals surface area contributed by atoms with Crippen LogP contribution in [0.3, 0.4) is 0 Å². The second kappa shape index (κ2) is 9.92. The molecule has 2 N–H and O–H groups in total. The lowest BCUT2D eigenvalue weighted by Crippen LogP contribution is -2.46. The molecule has 1 saturated heterocycles. The molecule has 5 rings (SSSR count). The zero-order valence-electron chi connectivity index (χ0n) is 18.2. The summed E-state index contributed by atoms with van der Waals surface area (Å²) < 4.78 is 27.1. The van der Waals surface area contributed by atoms with Crippen molar-refractivity contribution in [3.05, 3.63) is 64.3 Å². The Labute approximate surface area is 216 Å². The van der Waals surface area contributed by atoms with Gasteiger partial charge in [-0.2, -0.15) is 4.31 Å². The number of thioether (sulfide) groups is 1. The number of hydrogen-bond acceptors (Lipinski definition) is 8. The van der Waals surface area contributed by atoms with E-state index in [2.05, 4.69) is 20.6 Å². The molecule has 0 radical (unpaired) electrons. The molecule has 0 spiro atoms. The fourth-order valence-electron chi connectivity index (χ4n) is 3.80. The molecule has 9 nitrogen and oxygen atoms in total. The summed E-state index contributed by atoms with van der Waals surface area (Å²) >= 11 is 13.9. The highest BCUT2D eigenvalue weighted by molar-refractivity contribution is 7.99. The molecule has 3 heterocycles. The van der Waals surface area contributed by atoms with Crippen LogP contribution in [0, 0.1) is 0 Å². The van der Waals surface area contributed by atoms with Gasteiger partial charge in [0.1, 0.15) is 5.03 Å². The van der Waals surface area contributed by atoms with Gasteiger partial charge >= 0.3 is 0 Å². The average Bonchev–Trinajstić information content (AvgIpc) is 2.86. The number of sulfonamides is 1. The average molecular weight is 551 g/mol. The molecule has 0 unspecified atom stereocenters. The first kappa shape index (κ1) is 24.3. The number of nitrogens with zero attached hydrogens (tertiary/aromatic N) is 4. The molecule has 1 amide bonds. The van der Waals surface area contributed by atoms with Gasteiger partial charge in [0.25, 0.3) is 5.91 Å². The van der Waals surface area contributed by atoms with Gasteiger partial charge in [-0.3, -0.25) is 9.69 Å². The van der Waals surface area contributed by atoms with E-state index in [1.165, 1.54) is 27.2 Å². The number of fused-ring (bicyclic) bond motifs is 1. The Hall–Kier alpha value is -2.41. The molecule has 2 aliphatic rings. The first-order valence-electron chi connectivity index (χ1n) is 10.7. The quantitative estimate of drug-likeness (QED) is 0.461. The van der Waals surface area contributed by atoms with Crippen molar-refractivity contribution in [1.29, 1.82) is 0 Å². The van der Waals surface area contributed by atoms with Crippen LogP contribution in [0.2, 0.25) is 10.0 Å². The number of aromatic nitrogens is 2. The van der Waals surface area contributed by atoms with Crippen LogP contribution in [0.5, 0.6) is 0 Å². The number of piperazine rings is 1. The summed E-state index contributed by atoms with van der Waals surface area (Å²) in [6, 6.07) is 11.5. The van der Waals surface area contributed by atoms with Crippen LogP contribution in [0.1, 0.15) is 10.4 Å². The van der Waals surface area contributed by atoms with Crippen LogP contribution in [-0.4, -0.2) is 60.7 Å². The van der Waals surface area contributed by atoms with Crippen LogP contribution in [-0.2, 0) is 10.0 Å². The maximum absolute atomic E-state index is 13.1. The molecule has 1 fully saturated rings. The Morgan fingerprint density at radius 2 is 1.71 bits per heavy atom. The van der Waals surface area contributed by atoms with Crippen LogP contribution in [0.25, 0.3) is 0 Å². The van der Waals surface area contributed by atoms with E-state index in [9.17, 15) is 13.2 Å². The third kappa shape index (κ3) is 4.84. The highest BCUT2D eigenvalue weighted by Crippen LogP contribution is 2.39. The van der Waals surface area contributed by atoms with E-state index in [1.54, 1.807) is 42.5 Å². The van der Waals surface area contributed by atoms with Crippen LogP contribution < -0.4 is 15.5 Å². The Bertz CT molecular complexity index is 1360. The van der Waals surface area contributed by atoms with Crippen LogP contribution >= 0.6 is 35.0 Å². The maximum atomic E-state index is 13.1. The van der Waals surface area contributed by atoms with Crippen LogP contribution in [0.4, 0.5) is 17.3 Å². The minimum atomic E-state index is -3.53. The first-order valence-corrected chi connectivity index (χ1v) is 13.9. The van der Waals surface area contributed by atoms with E-state index in [0.717, 1.165) is 0 Å². The summed E-state index contributed by atoms with van der Waals surface area (Å²) in [7, 11) is -3.53. The fraction of sp³-hybridized carbons (Fsp3) is 0.227. The molecule has 0 bridgehead atoms. The number of benzene rings is 2. The molecule has 13 heteroatoms. The Balaban J connectivity index is 1.32. The number of hydrogen-bond donors (Lipinski definition) is 2. The van der Waals surface area contributed by atoms with E-state index < -0.39 is 10.0 Å². The first-order chi connectivity index (χ1) is 16.8. The second-order valence-electron chi connectivity index (χ2n) is 7.79. The monoisotopic (exact) mass is 550 g/mol. The van der Waals surface area contributed by atoms with Crippen molar-refractivity contribution in [2.45, 2.75) is 9.92 Å². The van der Waals surface area contributed by atoms with Gasteiger partial charge in [-0.25, -0.2) is 18.4 Å². The molecule has 0 atom stereocenters. The summed E-state index contributed by atoms with van der Waals surface area (Å²) in [5, 5.41) is 7.52. The summed E-state index contributed by atoms with van der Waals surface area (Å²) in [6.45, 7) is 2.17. The van der Waals surface area contributed by atoms with Crippen molar-refractivity contribution in [3.63, 3.8) is 0 Å². The molecule has 0 aliphatic carbocycles. The smallest absolute Gasteiger partial charge is 0.263 e. The largest absolute Gasteiger partial charge is 0.324 e. The number of carbonyl (C=O) groups excluding carboxylic acids is 1. The second-order valence-corrected chi connectivity index (χ2v) is 11.5. The molecule has 35 heavy (non-hydrogen) atoms. The number of carbonyl (C=O) groups is 1. The van der Waals surface area contributed by atoms with E-state index in [-0.39, 0.29) is 10.8 Å². The van der Waals surface area contributed by atoms with Gasteiger partial charge in [-0.05, 0) is 36.4 Å². The van der Waals surface area contributed by atoms with Crippen LogP contribution in [0.15, 0.2) is 58.6 Å². The van der Waals surface area contributed by atoms with Crippen molar-refractivity contribution in [2.24, 2.45) is 0 Å². The zero-order chi connectivity index (χ0) is 24.6. The third-order valence-electron chi connectivity index (χ3n) is 5.59. The summed E-state index contributed by atoms with van der Waals surface area (Å²) in [5.41, 5.74) is 1.43. The summed E-state index contributed by atoms with van der Waals surface area (Å²) in [4.78, 5) is 23.6. The standard InChI is InChI=1S/C22H20Cl2N6O3S2/c23-17-2-1-3-18(24)19(17)30-13-34-20-16(21(30)31)12-26-22(28-20)27-14-4-6-15(7-5-14)35(32,33)29-10-8-25-9-11-29/h1-7,12,25H,8-11,13H2,(H,26,27,28). The van der Waals surface area contributed by atoms with Gasteiger partial charge in [0, 0.05) is 38.1 Å². The number of amides is 1. The van der Waals surface area contributed by atoms with E-state index in [4.69, 9.17) is 23.2 Å². The number of halogens is 2. The molecule has 2 aromatic carbocycles. The molecular formula is C22H20Cl2N6O3S2. The minimum Gasteiger partial charge on any atom is -0.324 e. The van der Waals surface area contributed by atoms with Crippen molar-refractivity contribution in [2.75, 3.05) is 42.3 Å². The molecule has 3 aromatic rings.